The molecule has 13 heteroatoms. The van der Waals surface area contributed by atoms with Crippen molar-refractivity contribution in [3.63, 3.8) is 0 Å². The van der Waals surface area contributed by atoms with Crippen LogP contribution in [0, 0.1) is 0 Å². The molecule has 0 radical (unpaired) electrons. The number of halogens is 1. The molecule has 0 aromatic carbocycles. The second-order valence-corrected chi connectivity index (χ2v) is 7.58. The molecule has 2 unspecified atom stereocenters. The number of hydrogen-bond acceptors (Lipinski definition) is 9. The van der Waals surface area contributed by atoms with Crippen molar-refractivity contribution < 1.29 is 29.3 Å². The number of hydrogen-bond donors (Lipinski definition) is 3. The molecule has 12 nitrogen and oxygen atoms in total. The number of nitrogens with two attached hydrogens (primary N) is 1. The quantitative estimate of drug-likeness (QED) is 0.310. The Bertz CT molecular complexity index is 1140. The standard InChI is InChI=1S/C19H19ClN6O6.C2H6/c20-18-24-14(21)13-15(25-18)26(9-23-13)12-5-4-11(32-12)8-31-19(16(27)28,17(29)30)7-10-3-1-2-6-22-10;1-2/h1-3,6,9,11-12H,4-5,7-8H2,(H,27,28)(H,29,30)(H2,21,24,25);1-2H3. The predicted octanol–water partition coefficient (Wildman–Crippen LogP) is 2.33. The second kappa shape index (κ2) is 10.7. The van der Waals surface area contributed by atoms with Crippen LogP contribution in [0.25, 0.3) is 11.2 Å². The number of fused-ring (bicyclic) bond motifs is 1. The second-order valence-electron chi connectivity index (χ2n) is 7.24. The largest absolute Gasteiger partial charge is 0.479 e. The maximum atomic E-state index is 11.9. The highest BCUT2D eigenvalue weighted by atomic mass is 35.5. The van der Waals surface area contributed by atoms with Gasteiger partial charge < -0.3 is 25.4 Å². The molecular weight excluding hydrogens is 468 g/mol. The van der Waals surface area contributed by atoms with Crippen LogP contribution in [0.1, 0.15) is 38.6 Å². The number of nitrogens with zero attached hydrogens (tertiary/aromatic N) is 5. The third-order valence-electron chi connectivity index (χ3n) is 5.18. The van der Waals surface area contributed by atoms with Gasteiger partial charge in [-0.3, -0.25) is 9.55 Å². The first kappa shape index (κ1) is 25.3. The molecule has 2 atom stereocenters. The first-order valence-electron chi connectivity index (χ1n) is 10.6. The maximum absolute atomic E-state index is 11.9. The molecule has 3 aromatic rings. The van der Waals surface area contributed by atoms with Crippen molar-refractivity contribution >= 4 is 40.5 Å². The fourth-order valence-corrected chi connectivity index (χ4v) is 3.72. The number of carbonyl (C=O) groups is 2. The minimum atomic E-state index is -2.49. The van der Waals surface area contributed by atoms with Gasteiger partial charge in [-0.15, -0.1) is 0 Å². The molecule has 4 rings (SSSR count). The summed E-state index contributed by atoms with van der Waals surface area (Å²) in [6, 6.07) is 4.82. The van der Waals surface area contributed by atoms with Crippen molar-refractivity contribution in [2.24, 2.45) is 0 Å². The van der Waals surface area contributed by atoms with Crippen molar-refractivity contribution in [1.29, 1.82) is 0 Å². The number of carboxylic acid groups (broad SMARTS) is 2. The Balaban J connectivity index is 0.00000158. The van der Waals surface area contributed by atoms with Crippen molar-refractivity contribution in [2.45, 2.75) is 51.0 Å². The lowest BCUT2D eigenvalue weighted by molar-refractivity contribution is -0.188. The van der Waals surface area contributed by atoms with Gasteiger partial charge >= 0.3 is 11.9 Å². The van der Waals surface area contributed by atoms with Crippen LogP contribution in [0.2, 0.25) is 5.28 Å². The molecule has 1 fully saturated rings. The zero-order chi connectivity index (χ0) is 24.9. The van der Waals surface area contributed by atoms with E-state index in [0.717, 1.165) is 0 Å². The lowest BCUT2D eigenvalue weighted by Crippen LogP contribution is -2.52. The number of pyridine rings is 1. The number of rotatable bonds is 8. The molecule has 0 spiro atoms. The third-order valence-corrected chi connectivity index (χ3v) is 5.35. The molecule has 3 aromatic heterocycles. The molecule has 0 saturated carbocycles. The van der Waals surface area contributed by atoms with Crippen LogP contribution in [0.4, 0.5) is 5.82 Å². The summed E-state index contributed by atoms with van der Waals surface area (Å²) in [6.45, 7) is 3.76. The topological polar surface area (TPSA) is 176 Å². The van der Waals surface area contributed by atoms with E-state index >= 15 is 0 Å². The minimum absolute atomic E-state index is 0.0307. The molecule has 1 saturated heterocycles. The normalized spacial score (nSPS) is 17.9. The highest BCUT2D eigenvalue weighted by molar-refractivity contribution is 6.28. The van der Waals surface area contributed by atoms with E-state index in [1.165, 1.54) is 18.6 Å². The van der Waals surface area contributed by atoms with Gasteiger partial charge in [0.1, 0.15) is 11.7 Å². The van der Waals surface area contributed by atoms with E-state index in [1.54, 1.807) is 16.7 Å². The van der Waals surface area contributed by atoms with Gasteiger partial charge in [0, 0.05) is 18.3 Å². The van der Waals surface area contributed by atoms with Gasteiger partial charge in [0.05, 0.1) is 19.0 Å². The number of anilines is 1. The third kappa shape index (κ3) is 5.08. The van der Waals surface area contributed by atoms with Gasteiger partial charge in [-0.25, -0.2) is 14.6 Å². The van der Waals surface area contributed by atoms with Crippen LogP contribution < -0.4 is 5.73 Å². The molecule has 4 N–H and O–H groups in total. The summed E-state index contributed by atoms with van der Waals surface area (Å²) in [5.74, 6) is -3.10. The van der Waals surface area contributed by atoms with E-state index in [0.29, 0.717) is 24.0 Å². The van der Waals surface area contributed by atoms with Crippen LogP contribution in [-0.4, -0.2) is 65.0 Å². The average Bonchev–Trinajstić information content (AvgIpc) is 3.45. The number of aromatic nitrogens is 5. The molecule has 0 amide bonds. The van der Waals surface area contributed by atoms with E-state index in [2.05, 4.69) is 19.9 Å². The minimum Gasteiger partial charge on any atom is -0.479 e. The van der Waals surface area contributed by atoms with E-state index in [-0.39, 0.29) is 23.4 Å². The fraction of sp³-hybridized carbons (Fsp3) is 0.429. The van der Waals surface area contributed by atoms with Gasteiger partial charge in [0.2, 0.25) is 5.28 Å². The van der Waals surface area contributed by atoms with Crippen LogP contribution >= 0.6 is 11.6 Å². The summed E-state index contributed by atoms with van der Waals surface area (Å²) >= 11 is 5.89. The molecule has 182 valence electrons. The number of imidazole rings is 1. The lowest BCUT2D eigenvalue weighted by atomic mass is 9.97. The van der Waals surface area contributed by atoms with E-state index in [1.807, 2.05) is 13.8 Å². The maximum Gasteiger partial charge on any atom is 0.348 e. The van der Waals surface area contributed by atoms with E-state index in [9.17, 15) is 19.8 Å². The van der Waals surface area contributed by atoms with Crippen LogP contribution in [0.5, 0.6) is 0 Å². The van der Waals surface area contributed by atoms with E-state index in [4.69, 9.17) is 26.8 Å². The average molecular weight is 493 g/mol. The van der Waals surface area contributed by atoms with Gasteiger partial charge in [-0.2, -0.15) is 9.97 Å². The van der Waals surface area contributed by atoms with Crippen LogP contribution in [0.15, 0.2) is 30.7 Å². The summed E-state index contributed by atoms with van der Waals surface area (Å²) in [6.07, 6.45) is 2.51. The van der Waals surface area contributed by atoms with Crippen molar-refractivity contribution in [3.05, 3.63) is 41.7 Å². The van der Waals surface area contributed by atoms with Gasteiger partial charge in [-0.05, 0) is 36.6 Å². The Kier molecular flexibility index (Phi) is 7.97. The SMILES string of the molecule is CC.Nc1nc(Cl)nc2c1ncn2C1CCC(COC(Cc2ccccn2)(C(=O)O)C(=O)O)O1. The Morgan fingerprint density at radius 3 is 2.62 bits per heavy atom. The smallest absolute Gasteiger partial charge is 0.348 e. The highest BCUT2D eigenvalue weighted by Crippen LogP contribution is 2.32. The number of ether oxygens (including phenoxy) is 2. The van der Waals surface area contributed by atoms with Crippen LogP contribution in [-0.2, 0) is 25.5 Å². The van der Waals surface area contributed by atoms with Gasteiger partial charge in [0.15, 0.2) is 11.5 Å². The Morgan fingerprint density at radius 2 is 1.97 bits per heavy atom. The summed E-state index contributed by atoms with van der Waals surface area (Å²) < 4.78 is 13.1. The lowest BCUT2D eigenvalue weighted by Gasteiger charge is -2.26. The highest BCUT2D eigenvalue weighted by Gasteiger charge is 2.49. The Labute approximate surface area is 199 Å². The van der Waals surface area contributed by atoms with Gasteiger partial charge in [-0.1, -0.05) is 19.9 Å². The van der Waals surface area contributed by atoms with Crippen molar-refractivity contribution in [3.8, 4) is 0 Å². The first-order chi connectivity index (χ1) is 16.3. The summed E-state index contributed by atoms with van der Waals surface area (Å²) in [7, 11) is 0. The van der Waals surface area contributed by atoms with Crippen LogP contribution in [0.3, 0.4) is 0 Å². The summed E-state index contributed by atoms with van der Waals surface area (Å²) in [5, 5.41) is 19.3. The van der Waals surface area contributed by atoms with Crippen molar-refractivity contribution in [1.82, 2.24) is 24.5 Å². The number of aliphatic carboxylic acids is 2. The number of nitrogen functional groups attached to an aromatic ring is 1. The zero-order valence-electron chi connectivity index (χ0n) is 18.6. The van der Waals surface area contributed by atoms with Crippen molar-refractivity contribution in [2.75, 3.05) is 12.3 Å². The molecule has 1 aliphatic rings. The number of carboxylic acids is 2. The molecule has 1 aliphatic heterocycles. The zero-order valence-corrected chi connectivity index (χ0v) is 19.3. The molecular formula is C21H25ClN6O6. The predicted molar refractivity (Wildman–Crippen MR) is 121 cm³/mol. The van der Waals surface area contributed by atoms with E-state index < -0.39 is 36.3 Å². The van der Waals surface area contributed by atoms with Gasteiger partial charge in [0.25, 0.3) is 5.60 Å². The molecule has 0 bridgehead atoms. The molecule has 0 aliphatic carbocycles. The molecule has 34 heavy (non-hydrogen) atoms. The molecule has 4 heterocycles. The first-order valence-corrected chi connectivity index (χ1v) is 11.0. The fourth-order valence-electron chi connectivity index (χ4n) is 3.55. The Hall–Kier alpha value is -3.35. The monoisotopic (exact) mass is 492 g/mol. The summed E-state index contributed by atoms with van der Waals surface area (Å²) in [5.41, 5.74) is 4.39. The Morgan fingerprint density at radius 1 is 1.24 bits per heavy atom. The summed E-state index contributed by atoms with van der Waals surface area (Å²) in [4.78, 5) is 40.0.